The Kier molecular flexibility index (Phi) is 7.37. The number of hydrogen-bond acceptors (Lipinski definition) is 3. The Morgan fingerprint density at radius 2 is 2.10 bits per heavy atom. The largest absolute Gasteiger partial charge is 0.314 e. The predicted octanol–water partition coefficient (Wildman–Crippen LogP) is 3.86. The van der Waals surface area contributed by atoms with E-state index in [2.05, 4.69) is 49.7 Å². The molecule has 4 atom stereocenters. The Bertz CT molecular complexity index is 295. The second-order valence-corrected chi connectivity index (χ2v) is 8.71. The molecule has 124 valence electrons. The highest BCUT2D eigenvalue weighted by Gasteiger charge is 2.33. The van der Waals surface area contributed by atoms with Gasteiger partial charge in [-0.25, -0.2) is 0 Å². The Hall–Kier alpha value is 0.270. The predicted molar refractivity (Wildman–Crippen MR) is 96.1 cm³/mol. The molecule has 0 aromatic carbocycles. The van der Waals surface area contributed by atoms with E-state index in [0.717, 1.165) is 29.8 Å². The molecule has 1 saturated heterocycles. The third-order valence-electron chi connectivity index (χ3n) is 5.60. The summed E-state index contributed by atoms with van der Waals surface area (Å²) in [6.07, 6.45) is 5.52. The van der Waals surface area contributed by atoms with Crippen LogP contribution in [-0.4, -0.2) is 48.1 Å². The molecule has 0 amide bonds. The number of thioether (sulfide) groups is 1. The summed E-state index contributed by atoms with van der Waals surface area (Å²) in [6.45, 7) is 13.4. The van der Waals surface area contributed by atoms with Crippen molar-refractivity contribution in [3.05, 3.63) is 0 Å². The van der Waals surface area contributed by atoms with Crippen LogP contribution in [0.5, 0.6) is 0 Å². The zero-order valence-corrected chi connectivity index (χ0v) is 15.4. The van der Waals surface area contributed by atoms with Gasteiger partial charge in [0.15, 0.2) is 0 Å². The summed E-state index contributed by atoms with van der Waals surface area (Å²) in [6, 6.07) is 1.54. The molecule has 0 radical (unpaired) electrons. The molecule has 1 aliphatic heterocycles. The third-order valence-corrected chi connectivity index (χ3v) is 6.79. The van der Waals surface area contributed by atoms with E-state index in [1.165, 1.54) is 56.8 Å². The van der Waals surface area contributed by atoms with Crippen LogP contribution in [0.15, 0.2) is 0 Å². The van der Waals surface area contributed by atoms with Gasteiger partial charge in [0.2, 0.25) is 0 Å². The Balaban J connectivity index is 1.94. The van der Waals surface area contributed by atoms with Gasteiger partial charge in [-0.2, -0.15) is 11.8 Å². The normalized spacial score (nSPS) is 35.3. The number of rotatable bonds is 6. The van der Waals surface area contributed by atoms with Gasteiger partial charge in [0, 0.05) is 36.7 Å². The van der Waals surface area contributed by atoms with Crippen LogP contribution in [0, 0.1) is 17.8 Å². The van der Waals surface area contributed by atoms with E-state index >= 15 is 0 Å². The molecule has 3 heteroatoms. The highest BCUT2D eigenvalue weighted by atomic mass is 32.2. The van der Waals surface area contributed by atoms with Gasteiger partial charge in [0.05, 0.1) is 0 Å². The van der Waals surface area contributed by atoms with E-state index in [1.54, 1.807) is 0 Å². The summed E-state index contributed by atoms with van der Waals surface area (Å²) in [4.78, 5) is 2.77. The minimum Gasteiger partial charge on any atom is -0.314 e. The SMILES string of the molecule is CCCNC1CCC(C(C)C)CC1CN1CCSCC1C. The van der Waals surface area contributed by atoms with Gasteiger partial charge in [0.25, 0.3) is 0 Å². The molecule has 2 fully saturated rings. The van der Waals surface area contributed by atoms with Crippen molar-refractivity contribution in [1.29, 1.82) is 0 Å². The van der Waals surface area contributed by atoms with Crippen molar-refractivity contribution in [2.75, 3.05) is 31.1 Å². The van der Waals surface area contributed by atoms with Crippen molar-refractivity contribution in [3.63, 3.8) is 0 Å². The molecule has 21 heavy (non-hydrogen) atoms. The van der Waals surface area contributed by atoms with Crippen LogP contribution in [-0.2, 0) is 0 Å². The lowest BCUT2D eigenvalue weighted by atomic mass is 9.73. The minimum absolute atomic E-state index is 0.765. The smallest absolute Gasteiger partial charge is 0.0158 e. The summed E-state index contributed by atoms with van der Waals surface area (Å²) >= 11 is 2.13. The molecule has 0 spiro atoms. The lowest BCUT2D eigenvalue weighted by molar-refractivity contribution is 0.109. The van der Waals surface area contributed by atoms with Crippen molar-refractivity contribution < 1.29 is 0 Å². The fourth-order valence-electron chi connectivity index (χ4n) is 4.04. The summed E-state index contributed by atoms with van der Waals surface area (Å²) in [5.74, 6) is 5.33. The second-order valence-electron chi connectivity index (χ2n) is 7.56. The standard InChI is InChI=1S/C18H36N2S/c1-5-8-19-18-7-6-16(14(2)3)11-17(18)12-20-9-10-21-13-15(20)4/h14-19H,5-13H2,1-4H3. The van der Waals surface area contributed by atoms with Crippen molar-refractivity contribution >= 4 is 11.8 Å². The summed E-state index contributed by atoms with van der Waals surface area (Å²) in [5.41, 5.74) is 0. The molecule has 1 heterocycles. The van der Waals surface area contributed by atoms with Crippen LogP contribution < -0.4 is 5.32 Å². The maximum absolute atomic E-state index is 3.85. The molecule has 1 saturated carbocycles. The van der Waals surface area contributed by atoms with Crippen LogP contribution >= 0.6 is 11.8 Å². The van der Waals surface area contributed by atoms with Gasteiger partial charge >= 0.3 is 0 Å². The quantitative estimate of drug-likeness (QED) is 0.801. The van der Waals surface area contributed by atoms with Crippen molar-refractivity contribution in [3.8, 4) is 0 Å². The lowest BCUT2D eigenvalue weighted by Gasteiger charge is -2.43. The topological polar surface area (TPSA) is 15.3 Å². The van der Waals surface area contributed by atoms with E-state index in [4.69, 9.17) is 0 Å². The second kappa shape index (κ2) is 8.79. The first-order valence-corrected chi connectivity index (χ1v) is 10.3. The van der Waals surface area contributed by atoms with Crippen LogP contribution in [0.4, 0.5) is 0 Å². The van der Waals surface area contributed by atoms with Crippen LogP contribution in [0.1, 0.15) is 53.4 Å². The zero-order chi connectivity index (χ0) is 15.2. The Morgan fingerprint density at radius 3 is 2.76 bits per heavy atom. The molecule has 0 bridgehead atoms. The van der Waals surface area contributed by atoms with E-state index in [-0.39, 0.29) is 0 Å². The summed E-state index contributed by atoms with van der Waals surface area (Å²) in [7, 11) is 0. The summed E-state index contributed by atoms with van der Waals surface area (Å²) in [5, 5.41) is 3.85. The van der Waals surface area contributed by atoms with Gasteiger partial charge in [-0.3, -0.25) is 4.90 Å². The van der Waals surface area contributed by atoms with Crippen LogP contribution in [0.25, 0.3) is 0 Å². The van der Waals surface area contributed by atoms with Gasteiger partial charge in [-0.1, -0.05) is 20.8 Å². The number of nitrogens with one attached hydrogen (secondary N) is 1. The molecular formula is C18H36N2S. The van der Waals surface area contributed by atoms with Gasteiger partial charge in [-0.15, -0.1) is 0 Å². The molecule has 2 rings (SSSR count). The van der Waals surface area contributed by atoms with E-state index in [9.17, 15) is 0 Å². The fraction of sp³-hybridized carbons (Fsp3) is 1.00. The van der Waals surface area contributed by atoms with E-state index in [0.29, 0.717) is 0 Å². The maximum Gasteiger partial charge on any atom is 0.0158 e. The Labute approximate surface area is 136 Å². The number of hydrogen-bond donors (Lipinski definition) is 1. The first-order chi connectivity index (χ1) is 10.1. The number of nitrogens with zero attached hydrogens (tertiary/aromatic N) is 1. The van der Waals surface area contributed by atoms with Crippen molar-refractivity contribution in [1.82, 2.24) is 10.2 Å². The van der Waals surface area contributed by atoms with Gasteiger partial charge in [0.1, 0.15) is 0 Å². The molecule has 4 unspecified atom stereocenters. The van der Waals surface area contributed by atoms with Crippen molar-refractivity contribution in [2.45, 2.75) is 65.5 Å². The maximum atomic E-state index is 3.85. The molecule has 1 aliphatic carbocycles. The molecule has 2 aliphatic rings. The van der Waals surface area contributed by atoms with Gasteiger partial charge < -0.3 is 5.32 Å². The average molecular weight is 313 g/mol. The highest BCUT2D eigenvalue weighted by Crippen LogP contribution is 2.35. The first-order valence-electron chi connectivity index (χ1n) is 9.17. The van der Waals surface area contributed by atoms with E-state index < -0.39 is 0 Å². The van der Waals surface area contributed by atoms with Crippen molar-refractivity contribution in [2.24, 2.45) is 17.8 Å². The molecule has 2 nitrogen and oxygen atoms in total. The summed E-state index contributed by atoms with van der Waals surface area (Å²) < 4.78 is 0. The monoisotopic (exact) mass is 312 g/mol. The molecule has 0 aromatic rings. The molecular weight excluding hydrogens is 276 g/mol. The minimum atomic E-state index is 0.765. The van der Waals surface area contributed by atoms with Crippen LogP contribution in [0.3, 0.4) is 0 Å². The van der Waals surface area contributed by atoms with Crippen LogP contribution in [0.2, 0.25) is 0 Å². The lowest BCUT2D eigenvalue weighted by Crippen LogP contribution is -2.50. The molecule has 0 aromatic heterocycles. The average Bonchev–Trinajstić information content (AvgIpc) is 2.48. The van der Waals surface area contributed by atoms with E-state index in [1.807, 2.05) is 0 Å². The third kappa shape index (κ3) is 5.14. The first kappa shape index (κ1) is 17.6. The molecule has 1 N–H and O–H groups in total. The Morgan fingerprint density at radius 1 is 1.29 bits per heavy atom. The fourth-order valence-corrected chi connectivity index (χ4v) is 5.12. The highest BCUT2D eigenvalue weighted by molar-refractivity contribution is 7.99. The van der Waals surface area contributed by atoms with Gasteiger partial charge in [-0.05, 0) is 56.9 Å². The zero-order valence-electron chi connectivity index (χ0n) is 14.6.